The molecule has 4 nitrogen and oxygen atoms in total. The molecule has 1 aromatic heterocycles. The Kier molecular flexibility index (Phi) is 3.16. The summed E-state index contributed by atoms with van der Waals surface area (Å²) in [6, 6.07) is 15.1. The number of aryl methyl sites for hydroxylation is 1. The fourth-order valence-corrected chi connectivity index (χ4v) is 2.46. The molecule has 1 heterocycles. The van der Waals surface area contributed by atoms with Crippen molar-refractivity contribution >= 4 is 11.0 Å². The number of H-pyrrole nitrogens is 1. The van der Waals surface area contributed by atoms with Gasteiger partial charge in [0.2, 0.25) is 0 Å². The molecule has 0 aliphatic rings. The summed E-state index contributed by atoms with van der Waals surface area (Å²) in [5.74, 6) is 0. The van der Waals surface area contributed by atoms with E-state index in [1.54, 1.807) is 4.57 Å². The Morgan fingerprint density at radius 1 is 1.15 bits per heavy atom. The van der Waals surface area contributed by atoms with Gasteiger partial charge in [-0.1, -0.05) is 42.5 Å². The summed E-state index contributed by atoms with van der Waals surface area (Å²) in [5.41, 5.74) is 3.29. The van der Waals surface area contributed by atoms with Crippen LogP contribution in [-0.2, 0) is 6.54 Å². The van der Waals surface area contributed by atoms with Crippen LogP contribution in [0.3, 0.4) is 0 Å². The molecule has 3 rings (SSSR count). The van der Waals surface area contributed by atoms with E-state index in [4.69, 9.17) is 0 Å². The molecule has 2 N–H and O–H groups in total. The van der Waals surface area contributed by atoms with Crippen molar-refractivity contribution in [2.75, 3.05) is 0 Å². The van der Waals surface area contributed by atoms with Crippen LogP contribution < -0.4 is 5.69 Å². The normalized spacial score (nSPS) is 12.7. The second-order valence-corrected chi connectivity index (χ2v) is 4.94. The van der Waals surface area contributed by atoms with Gasteiger partial charge in [0.25, 0.3) is 0 Å². The first-order chi connectivity index (χ1) is 9.66. The summed E-state index contributed by atoms with van der Waals surface area (Å²) < 4.78 is 1.58. The molecule has 0 bridgehead atoms. The summed E-state index contributed by atoms with van der Waals surface area (Å²) in [7, 11) is 0. The van der Waals surface area contributed by atoms with Gasteiger partial charge in [0, 0.05) is 0 Å². The summed E-state index contributed by atoms with van der Waals surface area (Å²) in [4.78, 5) is 14.9. The number of aliphatic hydroxyl groups is 1. The lowest BCUT2D eigenvalue weighted by Crippen LogP contribution is -2.20. The molecule has 1 atom stereocenters. The van der Waals surface area contributed by atoms with E-state index in [1.165, 1.54) is 0 Å². The maximum atomic E-state index is 12.1. The van der Waals surface area contributed by atoms with Crippen LogP contribution in [-0.4, -0.2) is 14.7 Å². The number of nitrogens with zero attached hydrogens (tertiary/aromatic N) is 1. The number of aromatic nitrogens is 2. The molecule has 102 valence electrons. The molecule has 1 unspecified atom stereocenters. The van der Waals surface area contributed by atoms with Gasteiger partial charge < -0.3 is 10.1 Å². The number of aromatic amines is 1. The number of fused-ring (bicyclic) bond motifs is 1. The van der Waals surface area contributed by atoms with Gasteiger partial charge >= 0.3 is 5.69 Å². The third kappa shape index (κ3) is 2.14. The van der Waals surface area contributed by atoms with E-state index in [9.17, 15) is 9.90 Å². The smallest absolute Gasteiger partial charge is 0.326 e. The highest BCUT2D eigenvalue weighted by Crippen LogP contribution is 2.18. The molecule has 0 saturated carbocycles. The number of rotatable bonds is 3. The quantitative estimate of drug-likeness (QED) is 0.766. The van der Waals surface area contributed by atoms with Crippen molar-refractivity contribution in [3.63, 3.8) is 0 Å². The molecule has 4 heteroatoms. The zero-order chi connectivity index (χ0) is 14.1. The highest BCUT2D eigenvalue weighted by molar-refractivity contribution is 5.78. The zero-order valence-corrected chi connectivity index (χ0v) is 11.2. The number of hydrogen-bond donors (Lipinski definition) is 2. The van der Waals surface area contributed by atoms with Gasteiger partial charge in [-0.25, -0.2) is 4.79 Å². The number of para-hydroxylation sites is 1. The van der Waals surface area contributed by atoms with Crippen molar-refractivity contribution in [1.29, 1.82) is 0 Å². The fraction of sp³-hybridized carbons (Fsp3) is 0.188. The third-order valence-electron chi connectivity index (χ3n) is 3.56. The second kappa shape index (κ2) is 4.98. The molecule has 0 aliphatic heterocycles. The summed E-state index contributed by atoms with van der Waals surface area (Å²) >= 11 is 0. The molecule has 20 heavy (non-hydrogen) atoms. The van der Waals surface area contributed by atoms with E-state index in [0.717, 1.165) is 22.2 Å². The lowest BCUT2D eigenvalue weighted by Gasteiger charge is -2.11. The molecule has 0 radical (unpaired) electrons. The number of aliphatic hydroxyl groups excluding tert-OH is 1. The number of nitrogens with one attached hydrogen (secondary N) is 1. The van der Waals surface area contributed by atoms with Crippen LogP contribution >= 0.6 is 0 Å². The third-order valence-corrected chi connectivity index (χ3v) is 3.56. The van der Waals surface area contributed by atoms with E-state index in [2.05, 4.69) is 4.98 Å². The predicted octanol–water partition coefficient (Wildman–Crippen LogP) is 2.37. The Bertz CT molecular complexity index is 787. The minimum absolute atomic E-state index is 0.190. The van der Waals surface area contributed by atoms with E-state index in [1.807, 2.05) is 55.5 Å². The summed E-state index contributed by atoms with van der Waals surface area (Å²) in [6.07, 6.45) is -0.701. The van der Waals surface area contributed by atoms with Gasteiger partial charge in [0.05, 0.1) is 23.7 Å². The fourth-order valence-electron chi connectivity index (χ4n) is 2.46. The SMILES string of the molecule is Cc1cccc2c1[nH]c(=O)n2CC(O)c1ccccc1. The number of imidazole rings is 1. The van der Waals surface area contributed by atoms with E-state index in [-0.39, 0.29) is 12.2 Å². The highest BCUT2D eigenvalue weighted by Gasteiger charge is 2.13. The van der Waals surface area contributed by atoms with E-state index in [0.29, 0.717) is 0 Å². The molecular weight excluding hydrogens is 252 g/mol. The van der Waals surface area contributed by atoms with Crippen molar-refractivity contribution in [1.82, 2.24) is 9.55 Å². The van der Waals surface area contributed by atoms with Crippen molar-refractivity contribution in [3.8, 4) is 0 Å². The summed E-state index contributed by atoms with van der Waals surface area (Å²) in [6.45, 7) is 2.20. The van der Waals surface area contributed by atoms with Crippen LogP contribution in [0.2, 0.25) is 0 Å². The van der Waals surface area contributed by atoms with Crippen LogP contribution in [0.4, 0.5) is 0 Å². The maximum Gasteiger partial charge on any atom is 0.326 e. The van der Waals surface area contributed by atoms with E-state index >= 15 is 0 Å². The first kappa shape index (κ1) is 12.7. The summed E-state index contributed by atoms with van der Waals surface area (Å²) in [5, 5.41) is 10.3. The maximum absolute atomic E-state index is 12.1. The molecule has 0 spiro atoms. The van der Waals surface area contributed by atoms with Gasteiger partial charge in [-0.3, -0.25) is 4.57 Å². The Morgan fingerprint density at radius 3 is 2.65 bits per heavy atom. The van der Waals surface area contributed by atoms with Crippen LogP contribution in [0.25, 0.3) is 11.0 Å². The minimum atomic E-state index is -0.701. The molecular formula is C16H16N2O2. The molecule has 0 fully saturated rings. The zero-order valence-electron chi connectivity index (χ0n) is 11.2. The Morgan fingerprint density at radius 2 is 1.90 bits per heavy atom. The standard InChI is InChI=1S/C16H16N2O2/c1-11-6-5-9-13-15(11)17-16(20)18(13)10-14(19)12-7-3-2-4-8-12/h2-9,14,19H,10H2,1H3,(H,17,20). The predicted molar refractivity (Wildman–Crippen MR) is 78.7 cm³/mol. The van der Waals surface area contributed by atoms with Gasteiger partial charge in [-0.05, 0) is 24.1 Å². The highest BCUT2D eigenvalue weighted by atomic mass is 16.3. The lowest BCUT2D eigenvalue weighted by atomic mass is 10.1. The lowest BCUT2D eigenvalue weighted by molar-refractivity contribution is 0.157. The first-order valence-electron chi connectivity index (χ1n) is 6.58. The van der Waals surface area contributed by atoms with Gasteiger partial charge in [0.15, 0.2) is 0 Å². The van der Waals surface area contributed by atoms with Crippen LogP contribution in [0.15, 0.2) is 53.3 Å². The molecule has 0 saturated heterocycles. The van der Waals surface area contributed by atoms with Crippen LogP contribution in [0.5, 0.6) is 0 Å². The Hall–Kier alpha value is -2.33. The van der Waals surface area contributed by atoms with E-state index < -0.39 is 6.10 Å². The average Bonchev–Trinajstić information content (AvgIpc) is 2.78. The largest absolute Gasteiger partial charge is 0.387 e. The van der Waals surface area contributed by atoms with Crippen LogP contribution in [0.1, 0.15) is 17.2 Å². The van der Waals surface area contributed by atoms with Crippen molar-refractivity contribution in [2.45, 2.75) is 19.6 Å². The van der Waals surface area contributed by atoms with Crippen molar-refractivity contribution in [3.05, 3.63) is 70.1 Å². The minimum Gasteiger partial charge on any atom is -0.387 e. The molecule has 3 aromatic rings. The Balaban J connectivity index is 2.01. The monoisotopic (exact) mass is 268 g/mol. The van der Waals surface area contributed by atoms with Crippen LogP contribution in [0, 0.1) is 6.92 Å². The Labute approximate surface area is 116 Å². The molecule has 0 aliphatic carbocycles. The van der Waals surface area contributed by atoms with Crippen molar-refractivity contribution < 1.29 is 5.11 Å². The number of hydrogen-bond acceptors (Lipinski definition) is 2. The first-order valence-corrected chi connectivity index (χ1v) is 6.58. The molecule has 0 amide bonds. The van der Waals surface area contributed by atoms with Crippen molar-refractivity contribution in [2.24, 2.45) is 0 Å². The molecule has 2 aromatic carbocycles. The second-order valence-electron chi connectivity index (χ2n) is 4.94. The van der Waals surface area contributed by atoms with Gasteiger partial charge in [0.1, 0.15) is 0 Å². The number of benzene rings is 2. The topological polar surface area (TPSA) is 58.0 Å². The van der Waals surface area contributed by atoms with Gasteiger partial charge in [-0.15, -0.1) is 0 Å². The van der Waals surface area contributed by atoms with Gasteiger partial charge in [-0.2, -0.15) is 0 Å². The average molecular weight is 268 g/mol.